The van der Waals surface area contributed by atoms with Crippen molar-refractivity contribution in [3.8, 4) is 0 Å². The quantitative estimate of drug-likeness (QED) is 0.775. The van der Waals surface area contributed by atoms with Crippen LogP contribution >= 0.6 is 0 Å². The number of hydrogen-bond acceptors (Lipinski definition) is 2. The number of halogens is 7. The van der Waals surface area contributed by atoms with Gasteiger partial charge in [-0.25, -0.2) is 17.5 Å². The Kier molecular flexibility index (Phi) is 5.34. The van der Waals surface area contributed by atoms with E-state index in [2.05, 4.69) is 0 Å². The summed E-state index contributed by atoms with van der Waals surface area (Å²) >= 11 is 0. The van der Waals surface area contributed by atoms with Gasteiger partial charge in [0.15, 0.2) is 0 Å². The van der Waals surface area contributed by atoms with Gasteiger partial charge in [-0.15, -0.1) is 0 Å². The Morgan fingerprint density at radius 2 is 1.42 bits per heavy atom. The number of nitrogens with one attached hydrogen (secondary N) is 1. The van der Waals surface area contributed by atoms with Crippen molar-refractivity contribution in [1.29, 1.82) is 0 Å². The zero-order valence-corrected chi connectivity index (χ0v) is 13.4. The van der Waals surface area contributed by atoms with E-state index in [1.54, 1.807) is 0 Å². The van der Waals surface area contributed by atoms with Crippen molar-refractivity contribution in [2.45, 2.75) is 23.8 Å². The second-order valence-electron chi connectivity index (χ2n) is 5.12. The largest absolute Gasteiger partial charge is 0.419 e. The second-order valence-corrected chi connectivity index (χ2v) is 6.89. The van der Waals surface area contributed by atoms with E-state index >= 15 is 0 Å². The Morgan fingerprint density at radius 1 is 0.846 bits per heavy atom. The number of hydrogen-bond donors (Lipinski definition) is 1. The standard InChI is InChI=1S/C15H10F7NO2S/c16-13-9(2-1-3-12(13)15(20,21)22)8-23-26(24,25)11-6-4-10(5-7-11)14(17,18)19/h1-7,23H,8H2. The summed E-state index contributed by atoms with van der Waals surface area (Å²) in [6, 6.07) is 4.83. The maximum absolute atomic E-state index is 13.9. The lowest BCUT2D eigenvalue weighted by Crippen LogP contribution is -2.24. The highest BCUT2D eigenvalue weighted by atomic mass is 32.2. The smallest absolute Gasteiger partial charge is 0.207 e. The average molecular weight is 401 g/mol. The first-order valence-corrected chi connectivity index (χ1v) is 8.32. The first-order valence-electron chi connectivity index (χ1n) is 6.84. The Balaban J connectivity index is 2.21. The number of benzene rings is 2. The molecule has 0 atom stereocenters. The van der Waals surface area contributed by atoms with E-state index in [1.165, 1.54) is 0 Å². The Labute approximate surface area is 143 Å². The van der Waals surface area contributed by atoms with Crippen LogP contribution in [0.25, 0.3) is 0 Å². The van der Waals surface area contributed by atoms with Crippen molar-refractivity contribution in [2.75, 3.05) is 0 Å². The molecule has 0 aliphatic heterocycles. The summed E-state index contributed by atoms with van der Waals surface area (Å²) in [4.78, 5) is -0.544. The normalized spacial score (nSPS) is 13.0. The van der Waals surface area contributed by atoms with E-state index in [4.69, 9.17) is 0 Å². The van der Waals surface area contributed by atoms with Gasteiger partial charge in [0.2, 0.25) is 10.0 Å². The summed E-state index contributed by atoms with van der Waals surface area (Å²) < 4.78 is 115. The minimum Gasteiger partial charge on any atom is -0.207 e. The van der Waals surface area contributed by atoms with Crippen molar-refractivity contribution in [1.82, 2.24) is 4.72 Å². The van der Waals surface area contributed by atoms with E-state index in [0.717, 1.165) is 12.1 Å². The van der Waals surface area contributed by atoms with Crippen molar-refractivity contribution < 1.29 is 39.2 Å². The molecule has 2 rings (SSSR count). The topological polar surface area (TPSA) is 46.2 Å². The summed E-state index contributed by atoms with van der Waals surface area (Å²) in [6.07, 6.45) is -9.61. The molecule has 0 saturated carbocycles. The van der Waals surface area contributed by atoms with Crippen LogP contribution in [0.2, 0.25) is 0 Å². The predicted molar refractivity (Wildman–Crippen MR) is 76.9 cm³/mol. The van der Waals surface area contributed by atoms with Gasteiger partial charge in [-0.1, -0.05) is 12.1 Å². The molecule has 0 radical (unpaired) electrons. The van der Waals surface area contributed by atoms with Gasteiger partial charge in [-0.2, -0.15) is 26.3 Å². The molecule has 2 aromatic rings. The average Bonchev–Trinajstić information content (AvgIpc) is 2.52. The molecular weight excluding hydrogens is 391 g/mol. The molecule has 26 heavy (non-hydrogen) atoms. The third-order valence-corrected chi connectivity index (χ3v) is 4.75. The molecule has 0 fully saturated rings. The number of rotatable bonds is 4. The highest BCUT2D eigenvalue weighted by Crippen LogP contribution is 2.32. The van der Waals surface area contributed by atoms with Crippen LogP contribution < -0.4 is 4.72 Å². The first kappa shape index (κ1) is 20.2. The third kappa shape index (κ3) is 4.52. The van der Waals surface area contributed by atoms with Gasteiger partial charge >= 0.3 is 12.4 Å². The summed E-state index contributed by atoms with van der Waals surface area (Å²) in [7, 11) is -4.35. The third-order valence-electron chi connectivity index (χ3n) is 3.33. The minimum absolute atomic E-state index is 0.503. The van der Waals surface area contributed by atoms with Crippen LogP contribution in [0.5, 0.6) is 0 Å². The first-order chi connectivity index (χ1) is 11.8. The predicted octanol–water partition coefficient (Wildman–Crippen LogP) is 4.34. The Morgan fingerprint density at radius 3 is 1.92 bits per heavy atom. The molecule has 0 aliphatic rings. The Bertz CT molecular complexity index is 888. The number of sulfonamides is 1. The molecule has 0 spiro atoms. The lowest BCUT2D eigenvalue weighted by atomic mass is 10.1. The summed E-state index contributed by atoms with van der Waals surface area (Å²) in [5.41, 5.74) is -3.18. The van der Waals surface area contributed by atoms with Gasteiger partial charge in [-0.3, -0.25) is 0 Å². The van der Waals surface area contributed by atoms with Crippen LogP contribution in [-0.2, 0) is 28.9 Å². The summed E-state index contributed by atoms with van der Waals surface area (Å²) in [5.74, 6) is -1.63. The zero-order valence-electron chi connectivity index (χ0n) is 12.6. The van der Waals surface area contributed by atoms with Gasteiger partial charge < -0.3 is 0 Å². The van der Waals surface area contributed by atoms with Crippen molar-refractivity contribution in [3.63, 3.8) is 0 Å². The van der Waals surface area contributed by atoms with E-state index in [-0.39, 0.29) is 0 Å². The SMILES string of the molecule is O=S(=O)(NCc1cccc(C(F)(F)F)c1F)c1ccc(C(F)(F)F)cc1. The summed E-state index contributed by atoms with van der Waals surface area (Å²) in [5, 5.41) is 0. The lowest BCUT2D eigenvalue weighted by Gasteiger charge is -2.12. The van der Waals surface area contributed by atoms with Crippen LogP contribution in [0.3, 0.4) is 0 Å². The van der Waals surface area contributed by atoms with Gasteiger partial charge in [0, 0.05) is 12.1 Å². The minimum atomic E-state index is -4.95. The van der Waals surface area contributed by atoms with E-state index in [1.807, 2.05) is 4.72 Å². The maximum Gasteiger partial charge on any atom is 0.419 e. The molecule has 2 aromatic carbocycles. The summed E-state index contributed by atoms with van der Waals surface area (Å²) in [6.45, 7) is -0.806. The zero-order chi connectivity index (χ0) is 19.8. The molecule has 0 aliphatic carbocycles. The Hall–Kier alpha value is -2.14. The highest BCUT2D eigenvalue weighted by Gasteiger charge is 2.35. The molecule has 3 nitrogen and oxygen atoms in total. The molecule has 11 heteroatoms. The van der Waals surface area contributed by atoms with Gasteiger partial charge in [0.05, 0.1) is 16.0 Å². The monoisotopic (exact) mass is 401 g/mol. The van der Waals surface area contributed by atoms with Crippen molar-refractivity contribution in [3.05, 3.63) is 65.0 Å². The molecule has 142 valence electrons. The van der Waals surface area contributed by atoms with Crippen LogP contribution in [0.4, 0.5) is 30.7 Å². The molecular formula is C15H10F7NO2S. The van der Waals surface area contributed by atoms with Crippen LogP contribution in [0, 0.1) is 5.82 Å². The molecule has 0 amide bonds. The van der Waals surface area contributed by atoms with E-state index < -0.39 is 56.3 Å². The van der Waals surface area contributed by atoms with Gasteiger partial charge in [0.25, 0.3) is 0 Å². The fourth-order valence-corrected chi connectivity index (χ4v) is 3.02. The van der Waals surface area contributed by atoms with Crippen LogP contribution in [0.15, 0.2) is 47.4 Å². The second kappa shape index (κ2) is 6.88. The molecule has 0 aromatic heterocycles. The fraction of sp³-hybridized carbons (Fsp3) is 0.200. The van der Waals surface area contributed by atoms with Gasteiger partial charge in [0.1, 0.15) is 5.82 Å². The fourth-order valence-electron chi connectivity index (χ4n) is 2.01. The van der Waals surface area contributed by atoms with Crippen molar-refractivity contribution in [2.24, 2.45) is 0 Å². The van der Waals surface area contributed by atoms with Gasteiger partial charge in [-0.05, 0) is 30.3 Å². The molecule has 0 heterocycles. The molecule has 1 N–H and O–H groups in total. The van der Waals surface area contributed by atoms with E-state index in [0.29, 0.717) is 30.3 Å². The van der Waals surface area contributed by atoms with Crippen LogP contribution in [0.1, 0.15) is 16.7 Å². The molecule has 0 saturated heterocycles. The van der Waals surface area contributed by atoms with Crippen LogP contribution in [-0.4, -0.2) is 8.42 Å². The van der Waals surface area contributed by atoms with Crippen molar-refractivity contribution >= 4 is 10.0 Å². The highest BCUT2D eigenvalue weighted by molar-refractivity contribution is 7.89. The maximum atomic E-state index is 13.9. The molecule has 0 bridgehead atoms. The number of alkyl halides is 6. The lowest BCUT2D eigenvalue weighted by molar-refractivity contribution is -0.140. The van der Waals surface area contributed by atoms with E-state index in [9.17, 15) is 39.2 Å². The molecule has 0 unspecified atom stereocenters.